The van der Waals surface area contributed by atoms with Crippen LogP contribution < -0.4 is 23.6 Å². The van der Waals surface area contributed by atoms with Gasteiger partial charge in [-0.05, 0) is 12.1 Å². The van der Waals surface area contributed by atoms with Crippen LogP contribution in [0, 0.1) is 0 Å². The van der Waals surface area contributed by atoms with Crippen LogP contribution in [-0.4, -0.2) is 7.11 Å². The minimum absolute atomic E-state index is 0. The molecule has 0 aliphatic heterocycles. The number of rotatable bonds is 1. The molecular weight excluding hydrogens is 121 g/mol. The van der Waals surface area contributed by atoms with Crippen molar-refractivity contribution >= 4 is 5.69 Å². The average Bonchev–Trinajstić information content (AvgIpc) is 1.90. The summed E-state index contributed by atoms with van der Waals surface area (Å²) in [6.07, 6.45) is 0. The monoisotopic (exact) mass is 129 g/mol. The maximum absolute atomic E-state index is 7.11. The van der Waals surface area contributed by atoms with Crippen molar-refractivity contribution in [3.05, 3.63) is 30.0 Å². The van der Waals surface area contributed by atoms with Gasteiger partial charge in [0.25, 0.3) is 0 Å². The van der Waals surface area contributed by atoms with E-state index < -0.39 is 0 Å². The molecule has 0 bridgehead atoms. The zero-order chi connectivity index (χ0) is 6.69. The maximum atomic E-state index is 7.11. The first-order valence-corrected chi connectivity index (χ1v) is 2.68. The van der Waals surface area contributed by atoms with Crippen LogP contribution in [0.25, 0.3) is 5.73 Å². The maximum Gasteiger partial charge on any atom is 1.00 e. The molecule has 1 rings (SSSR count). The fourth-order valence-corrected chi connectivity index (χ4v) is 0.591. The van der Waals surface area contributed by atoms with Crippen molar-refractivity contribution in [3.8, 4) is 5.75 Å². The first kappa shape index (κ1) is 9.42. The summed E-state index contributed by atoms with van der Waals surface area (Å²) in [7, 11) is 1.61. The van der Waals surface area contributed by atoms with Gasteiger partial charge >= 0.3 is 18.9 Å². The third-order valence-electron chi connectivity index (χ3n) is 1.09. The molecule has 1 aromatic rings. The van der Waals surface area contributed by atoms with Crippen molar-refractivity contribution in [2.45, 2.75) is 0 Å². The van der Waals surface area contributed by atoms with Gasteiger partial charge in [-0.1, -0.05) is 12.1 Å². The van der Waals surface area contributed by atoms with Gasteiger partial charge in [-0.25, -0.2) is 0 Å². The number of benzene rings is 1. The van der Waals surface area contributed by atoms with Gasteiger partial charge in [0.2, 0.25) is 0 Å². The molecular formula is C7H8LiNO. The Morgan fingerprint density at radius 1 is 1.20 bits per heavy atom. The van der Waals surface area contributed by atoms with Gasteiger partial charge in [0.15, 0.2) is 0 Å². The van der Waals surface area contributed by atoms with E-state index in [4.69, 9.17) is 10.5 Å². The van der Waals surface area contributed by atoms with Gasteiger partial charge in [0, 0.05) is 0 Å². The molecule has 0 aliphatic carbocycles. The van der Waals surface area contributed by atoms with E-state index in [9.17, 15) is 0 Å². The third kappa shape index (κ3) is 2.34. The molecule has 1 aromatic carbocycles. The fourth-order valence-electron chi connectivity index (χ4n) is 0.591. The van der Waals surface area contributed by atoms with E-state index in [0.717, 1.165) is 5.75 Å². The van der Waals surface area contributed by atoms with Crippen molar-refractivity contribution in [2.75, 3.05) is 7.11 Å². The Bertz CT molecular complexity index is 185. The first-order chi connectivity index (χ1) is 4.33. The van der Waals surface area contributed by atoms with Gasteiger partial charge in [-0.2, -0.15) is 0 Å². The van der Waals surface area contributed by atoms with Gasteiger partial charge in [-0.3, -0.25) is 0 Å². The second kappa shape index (κ2) is 4.27. The Balaban J connectivity index is 0.000000810. The summed E-state index contributed by atoms with van der Waals surface area (Å²) >= 11 is 0. The van der Waals surface area contributed by atoms with Crippen LogP contribution in [0.3, 0.4) is 0 Å². The van der Waals surface area contributed by atoms with Gasteiger partial charge in [0.05, 0.1) is 7.11 Å². The summed E-state index contributed by atoms with van der Waals surface area (Å²) in [4.78, 5) is 0. The average molecular weight is 129 g/mol. The predicted octanol–water partition coefficient (Wildman–Crippen LogP) is -0.617. The zero-order valence-electron chi connectivity index (χ0n) is 6.22. The van der Waals surface area contributed by atoms with Gasteiger partial charge in [-0.15, -0.1) is 5.69 Å². The van der Waals surface area contributed by atoms with Crippen molar-refractivity contribution in [1.82, 2.24) is 0 Å². The van der Waals surface area contributed by atoms with Crippen molar-refractivity contribution in [3.63, 3.8) is 0 Å². The minimum Gasteiger partial charge on any atom is -0.699 e. The molecule has 0 spiro atoms. The number of nitrogens with one attached hydrogen (secondary N) is 1. The van der Waals surface area contributed by atoms with Crippen LogP contribution in [0.1, 0.15) is 0 Å². The smallest absolute Gasteiger partial charge is 0.699 e. The van der Waals surface area contributed by atoms with E-state index in [1.807, 2.05) is 0 Å². The van der Waals surface area contributed by atoms with E-state index in [2.05, 4.69) is 0 Å². The summed E-state index contributed by atoms with van der Waals surface area (Å²) in [5.41, 5.74) is 7.62. The molecule has 0 aliphatic rings. The van der Waals surface area contributed by atoms with Gasteiger partial charge in [0.1, 0.15) is 5.75 Å². The van der Waals surface area contributed by atoms with Crippen LogP contribution in [0.5, 0.6) is 5.75 Å². The summed E-state index contributed by atoms with van der Waals surface area (Å²) < 4.78 is 4.89. The van der Waals surface area contributed by atoms with Crippen LogP contribution in [0.15, 0.2) is 24.3 Å². The van der Waals surface area contributed by atoms with Gasteiger partial charge < -0.3 is 10.5 Å². The predicted molar refractivity (Wildman–Crippen MR) is 37.0 cm³/mol. The quantitative estimate of drug-likeness (QED) is 0.465. The number of hydrogen-bond acceptors (Lipinski definition) is 1. The second-order valence-corrected chi connectivity index (χ2v) is 1.73. The molecule has 0 radical (unpaired) electrons. The third-order valence-corrected chi connectivity index (χ3v) is 1.09. The summed E-state index contributed by atoms with van der Waals surface area (Å²) in [6.45, 7) is 0. The minimum atomic E-state index is 0. The Morgan fingerprint density at radius 2 is 1.70 bits per heavy atom. The SMILES string of the molecule is COc1ccc([NH-])cc1.[Li+]. The first-order valence-electron chi connectivity index (χ1n) is 2.68. The largest absolute Gasteiger partial charge is 1.00 e. The van der Waals surface area contributed by atoms with Crippen LogP contribution >= 0.6 is 0 Å². The van der Waals surface area contributed by atoms with E-state index in [0.29, 0.717) is 5.69 Å². The molecule has 10 heavy (non-hydrogen) atoms. The normalized spacial score (nSPS) is 8.10. The summed E-state index contributed by atoms with van der Waals surface area (Å²) in [5.74, 6) is 0.797. The summed E-state index contributed by atoms with van der Waals surface area (Å²) in [6, 6.07) is 6.92. The van der Waals surface area contributed by atoms with Crippen LogP contribution in [-0.2, 0) is 0 Å². The molecule has 1 N–H and O–H groups in total. The molecule has 48 valence electrons. The van der Waals surface area contributed by atoms with E-state index in [1.54, 1.807) is 31.4 Å². The molecule has 0 fully saturated rings. The van der Waals surface area contributed by atoms with Crippen molar-refractivity contribution in [1.29, 1.82) is 0 Å². The van der Waals surface area contributed by atoms with Crippen molar-refractivity contribution < 1.29 is 23.6 Å². The number of hydrogen-bond donors (Lipinski definition) is 0. The molecule has 2 nitrogen and oxygen atoms in total. The summed E-state index contributed by atoms with van der Waals surface area (Å²) in [5, 5.41) is 0. The molecule has 0 amide bonds. The second-order valence-electron chi connectivity index (χ2n) is 1.73. The molecule has 0 heterocycles. The zero-order valence-corrected chi connectivity index (χ0v) is 6.22. The van der Waals surface area contributed by atoms with Crippen LogP contribution in [0.4, 0.5) is 5.69 Å². The molecule has 0 aromatic heterocycles. The van der Waals surface area contributed by atoms with E-state index >= 15 is 0 Å². The Morgan fingerprint density at radius 3 is 2.10 bits per heavy atom. The Kier molecular flexibility index (Phi) is 4.02. The molecule has 0 unspecified atom stereocenters. The standard InChI is InChI=1S/C7H8NO.Li/c1-9-7-4-2-6(8)3-5-7;/h2-5,8H,1H3;/q-1;+1. The molecule has 0 atom stereocenters. The van der Waals surface area contributed by atoms with E-state index in [-0.39, 0.29) is 18.9 Å². The topological polar surface area (TPSA) is 33.0 Å². The van der Waals surface area contributed by atoms with Crippen molar-refractivity contribution in [2.24, 2.45) is 0 Å². The fraction of sp³-hybridized carbons (Fsp3) is 0.143. The Hall–Kier alpha value is -0.583. The van der Waals surface area contributed by atoms with Crippen LogP contribution in [0.2, 0.25) is 0 Å². The number of methoxy groups -OCH3 is 1. The molecule has 3 heteroatoms. The number of ether oxygens (including phenoxy) is 1. The molecule has 0 saturated heterocycles. The Labute approximate surface area is 72.5 Å². The molecule has 0 saturated carbocycles. The van der Waals surface area contributed by atoms with E-state index in [1.165, 1.54) is 0 Å².